The van der Waals surface area contributed by atoms with E-state index in [1.165, 1.54) is 6.26 Å². The average molecular weight is 461 g/mol. The summed E-state index contributed by atoms with van der Waals surface area (Å²) in [6.45, 7) is 3.89. The van der Waals surface area contributed by atoms with E-state index in [4.69, 9.17) is 11.6 Å². The summed E-state index contributed by atoms with van der Waals surface area (Å²) in [5.41, 5.74) is 4.93. The van der Waals surface area contributed by atoms with E-state index in [1.54, 1.807) is 10.6 Å². The smallest absolute Gasteiger partial charge is 0.211 e. The van der Waals surface area contributed by atoms with E-state index < -0.39 is 10.0 Å². The van der Waals surface area contributed by atoms with Crippen LogP contribution >= 0.6 is 11.6 Å². The number of sulfonamides is 1. The van der Waals surface area contributed by atoms with E-state index >= 15 is 0 Å². The van der Waals surface area contributed by atoms with Crippen LogP contribution in [-0.2, 0) is 23.0 Å². The molecule has 0 aromatic carbocycles. The minimum absolute atomic E-state index is 0.0730. The van der Waals surface area contributed by atoms with Crippen LogP contribution in [0.1, 0.15) is 42.6 Å². The molecule has 0 radical (unpaired) electrons. The number of nitrogens with zero attached hydrogens (tertiary/aromatic N) is 5. The Morgan fingerprint density at radius 1 is 1.29 bits per heavy atom. The Labute approximate surface area is 186 Å². The fourth-order valence-corrected chi connectivity index (χ4v) is 6.00. The van der Waals surface area contributed by atoms with Gasteiger partial charge in [-0.25, -0.2) is 27.7 Å². The molecule has 5 rings (SSSR count). The third-order valence-corrected chi connectivity index (χ3v) is 7.91. The van der Waals surface area contributed by atoms with Crippen molar-refractivity contribution < 1.29 is 8.42 Å². The largest absolute Gasteiger partial charge is 0.363 e. The molecule has 1 N–H and O–H groups in total. The summed E-state index contributed by atoms with van der Waals surface area (Å²) in [6, 6.07) is 4.16. The lowest BCUT2D eigenvalue weighted by Gasteiger charge is -2.38. The number of fused-ring (bicyclic) bond motifs is 2. The highest BCUT2D eigenvalue weighted by Crippen LogP contribution is 2.37. The van der Waals surface area contributed by atoms with Crippen LogP contribution in [-0.4, -0.2) is 58.0 Å². The minimum Gasteiger partial charge on any atom is -0.363 e. The molecule has 0 aliphatic carbocycles. The van der Waals surface area contributed by atoms with Crippen molar-refractivity contribution in [3.8, 4) is 0 Å². The fourth-order valence-electron chi connectivity index (χ4n) is 4.90. The normalized spacial score (nSPS) is 22.6. The van der Waals surface area contributed by atoms with Crippen molar-refractivity contribution in [1.82, 2.24) is 24.2 Å². The number of rotatable bonds is 3. The van der Waals surface area contributed by atoms with Gasteiger partial charge in [0.2, 0.25) is 10.0 Å². The van der Waals surface area contributed by atoms with E-state index in [-0.39, 0.29) is 12.0 Å². The van der Waals surface area contributed by atoms with Crippen LogP contribution in [0.3, 0.4) is 0 Å². The zero-order valence-corrected chi connectivity index (χ0v) is 19.1. The van der Waals surface area contributed by atoms with Crippen LogP contribution in [0.25, 0.3) is 11.0 Å². The summed E-state index contributed by atoms with van der Waals surface area (Å²) in [7, 11) is -3.22. The van der Waals surface area contributed by atoms with Crippen molar-refractivity contribution in [3.63, 3.8) is 0 Å². The van der Waals surface area contributed by atoms with Gasteiger partial charge in [0.15, 0.2) is 0 Å². The number of aromatic nitrogens is 4. The predicted molar refractivity (Wildman–Crippen MR) is 121 cm³/mol. The summed E-state index contributed by atoms with van der Waals surface area (Å²) in [6.07, 6.45) is 7.33. The second-order valence-corrected chi connectivity index (χ2v) is 10.9. The molecule has 1 saturated heterocycles. The quantitative estimate of drug-likeness (QED) is 0.603. The first-order valence-electron chi connectivity index (χ1n) is 10.5. The van der Waals surface area contributed by atoms with Gasteiger partial charge >= 0.3 is 0 Å². The first-order valence-corrected chi connectivity index (χ1v) is 12.7. The molecule has 0 saturated carbocycles. The number of aromatic amines is 1. The Morgan fingerprint density at radius 3 is 2.94 bits per heavy atom. The number of hydrogen-bond donors (Lipinski definition) is 1. The Morgan fingerprint density at radius 2 is 2.13 bits per heavy atom. The third-order valence-electron chi connectivity index (χ3n) is 6.44. The number of nitrogens with one attached hydrogen (secondary N) is 1. The second kappa shape index (κ2) is 7.72. The van der Waals surface area contributed by atoms with Gasteiger partial charge in [-0.2, -0.15) is 0 Å². The van der Waals surface area contributed by atoms with E-state index in [2.05, 4.69) is 31.8 Å². The molecule has 31 heavy (non-hydrogen) atoms. The first-order chi connectivity index (χ1) is 14.8. The van der Waals surface area contributed by atoms with Gasteiger partial charge in [0, 0.05) is 55.2 Å². The molecular formula is C21H25ClN6O2S. The van der Waals surface area contributed by atoms with Crippen LogP contribution in [0.5, 0.6) is 0 Å². The first kappa shape index (κ1) is 20.7. The number of hydrogen-bond acceptors (Lipinski definition) is 6. The SMILES string of the molecule is CC1Cc2ncnc(C3CCCN(S(C)(=O)=O)C3)c2CN1c1cc(Cl)nc2[nH]ccc12. The lowest BCUT2D eigenvalue weighted by atomic mass is 9.88. The molecule has 2 aliphatic rings. The monoisotopic (exact) mass is 460 g/mol. The zero-order chi connectivity index (χ0) is 21.8. The Balaban J connectivity index is 1.54. The van der Waals surface area contributed by atoms with Crippen molar-refractivity contribution in [3.05, 3.63) is 46.8 Å². The lowest BCUT2D eigenvalue weighted by Crippen LogP contribution is -2.42. The van der Waals surface area contributed by atoms with Crippen molar-refractivity contribution in [2.24, 2.45) is 0 Å². The van der Waals surface area contributed by atoms with Gasteiger partial charge in [-0.15, -0.1) is 0 Å². The average Bonchev–Trinajstić information content (AvgIpc) is 3.20. The molecule has 3 aromatic rings. The Kier molecular flexibility index (Phi) is 5.15. The van der Waals surface area contributed by atoms with Crippen molar-refractivity contribution in [2.75, 3.05) is 24.2 Å². The van der Waals surface area contributed by atoms with Crippen LogP contribution < -0.4 is 4.90 Å². The Bertz CT molecular complexity index is 1240. The van der Waals surface area contributed by atoms with Crippen LogP contribution in [0, 0.1) is 0 Å². The molecule has 3 aromatic heterocycles. The molecule has 2 unspecified atom stereocenters. The van der Waals surface area contributed by atoms with E-state index in [1.807, 2.05) is 18.3 Å². The fraction of sp³-hybridized carbons (Fsp3) is 0.476. The molecule has 1 fully saturated rings. The maximum atomic E-state index is 12.1. The van der Waals surface area contributed by atoms with E-state index in [0.29, 0.717) is 24.8 Å². The van der Waals surface area contributed by atoms with Gasteiger partial charge < -0.3 is 9.88 Å². The highest BCUT2D eigenvalue weighted by atomic mass is 35.5. The number of anilines is 1. The minimum atomic E-state index is -3.22. The summed E-state index contributed by atoms with van der Waals surface area (Å²) >= 11 is 6.31. The second-order valence-electron chi connectivity index (χ2n) is 8.53. The van der Waals surface area contributed by atoms with E-state index in [9.17, 15) is 8.42 Å². The molecule has 2 aliphatic heterocycles. The number of pyridine rings is 1. The summed E-state index contributed by atoms with van der Waals surface area (Å²) < 4.78 is 25.8. The maximum absolute atomic E-state index is 12.1. The van der Waals surface area contributed by atoms with Gasteiger partial charge in [-0.3, -0.25) is 0 Å². The molecule has 164 valence electrons. The molecule has 10 heteroatoms. The highest BCUT2D eigenvalue weighted by Gasteiger charge is 2.33. The van der Waals surface area contributed by atoms with Crippen LogP contribution in [0.4, 0.5) is 5.69 Å². The maximum Gasteiger partial charge on any atom is 0.211 e. The molecule has 5 heterocycles. The van der Waals surface area contributed by atoms with Gasteiger partial charge in [0.25, 0.3) is 0 Å². The summed E-state index contributed by atoms with van der Waals surface area (Å²) in [5.74, 6) is 0.0730. The molecule has 8 nitrogen and oxygen atoms in total. The number of piperidine rings is 1. The zero-order valence-electron chi connectivity index (χ0n) is 17.5. The molecule has 0 amide bonds. The van der Waals surface area contributed by atoms with Gasteiger partial charge in [0.1, 0.15) is 17.1 Å². The van der Waals surface area contributed by atoms with Gasteiger partial charge in [0.05, 0.1) is 23.3 Å². The van der Waals surface area contributed by atoms with Crippen molar-refractivity contribution in [1.29, 1.82) is 0 Å². The van der Waals surface area contributed by atoms with Crippen LogP contribution in [0.15, 0.2) is 24.7 Å². The molecule has 0 spiro atoms. The molecular weight excluding hydrogens is 436 g/mol. The summed E-state index contributed by atoms with van der Waals surface area (Å²) in [5, 5.41) is 1.47. The number of H-pyrrole nitrogens is 1. The molecule has 2 atom stereocenters. The number of halogens is 1. The van der Waals surface area contributed by atoms with E-state index in [0.717, 1.165) is 52.9 Å². The summed E-state index contributed by atoms with van der Waals surface area (Å²) in [4.78, 5) is 19.1. The predicted octanol–water partition coefficient (Wildman–Crippen LogP) is 3.10. The van der Waals surface area contributed by atoms with Gasteiger partial charge in [-0.1, -0.05) is 11.6 Å². The van der Waals surface area contributed by atoms with Crippen molar-refractivity contribution in [2.45, 2.75) is 44.7 Å². The third kappa shape index (κ3) is 3.79. The van der Waals surface area contributed by atoms with Gasteiger partial charge in [-0.05, 0) is 31.9 Å². The standard InChI is InChI=1S/C21H25ClN6O2S/c1-13-8-17-16(11-28(13)18-9-19(22)26-21-15(18)5-6-23-21)20(25-12-24-17)14-4-3-7-27(10-14)31(2,29)30/h5-6,9,12-14H,3-4,7-8,10-11H2,1-2H3,(H,23,26). The molecule has 0 bridgehead atoms. The van der Waals surface area contributed by atoms with Crippen LogP contribution in [0.2, 0.25) is 5.15 Å². The van der Waals surface area contributed by atoms with Crippen molar-refractivity contribution >= 4 is 38.3 Å². The lowest BCUT2D eigenvalue weighted by molar-refractivity contribution is 0.312. The highest BCUT2D eigenvalue weighted by molar-refractivity contribution is 7.88. The topological polar surface area (TPSA) is 95.1 Å². The Hall–Kier alpha value is -2.23.